The fraction of sp³-hybridized carbons (Fsp3) is 0.333. The van der Waals surface area contributed by atoms with Crippen LogP contribution in [0.3, 0.4) is 0 Å². The maximum absolute atomic E-state index is 11.9. The maximum atomic E-state index is 11.9. The molecule has 0 amide bonds. The predicted octanol–water partition coefficient (Wildman–Crippen LogP) is 3.13. The Morgan fingerprint density at radius 3 is 2.87 bits per heavy atom. The predicted molar refractivity (Wildman–Crippen MR) is 111 cm³/mol. The highest BCUT2D eigenvalue weighted by molar-refractivity contribution is 7.89. The third kappa shape index (κ3) is 4.53. The van der Waals surface area contributed by atoms with Crippen molar-refractivity contribution in [1.82, 2.24) is 19.5 Å². The molecule has 0 aliphatic carbocycles. The summed E-state index contributed by atoms with van der Waals surface area (Å²) in [7, 11) is -2.10. The van der Waals surface area contributed by atoms with Gasteiger partial charge in [0.25, 0.3) is 0 Å². The van der Waals surface area contributed by atoms with Gasteiger partial charge >= 0.3 is 0 Å². The van der Waals surface area contributed by atoms with Crippen LogP contribution in [0.1, 0.15) is 31.1 Å². The van der Waals surface area contributed by atoms with E-state index in [9.17, 15) is 8.42 Å². The van der Waals surface area contributed by atoms with Crippen LogP contribution in [-0.4, -0.2) is 36.8 Å². The molecule has 0 radical (unpaired) electrons. The van der Waals surface area contributed by atoms with Crippen molar-refractivity contribution in [2.24, 2.45) is 0 Å². The number of hydrogen-bond acceptors (Lipinski definition) is 6. The number of rotatable bonds is 7. The molecule has 8 nitrogen and oxygen atoms in total. The molecule has 1 N–H and O–H groups in total. The van der Waals surface area contributed by atoms with Crippen LogP contribution in [0, 0.1) is 0 Å². The van der Waals surface area contributed by atoms with Crippen LogP contribution in [0.5, 0.6) is 5.75 Å². The van der Waals surface area contributed by atoms with Gasteiger partial charge in [-0.05, 0) is 62.2 Å². The lowest BCUT2D eigenvalue weighted by molar-refractivity contribution is -0.0384. The molecular formula is C21H24N4O4S. The molecule has 0 spiro atoms. The summed E-state index contributed by atoms with van der Waals surface area (Å²) < 4.78 is 39.7. The summed E-state index contributed by atoms with van der Waals surface area (Å²) in [5, 5.41) is 4.42. The van der Waals surface area contributed by atoms with Gasteiger partial charge in [0, 0.05) is 12.8 Å². The van der Waals surface area contributed by atoms with E-state index in [0.717, 1.165) is 42.8 Å². The van der Waals surface area contributed by atoms with Gasteiger partial charge in [0.15, 0.2) is 6.23 Å². The number of nitrogens with one attached hydrogen (secondary N) is 1. The molecule has 1 saturated heterocycles. The summed E-state index contributed by atoms with van der Waals surface area (Å²) in [4.78, 5) is 4.72. The van der Waals surface area contributed by atoms with Crippen molar-refractivity contribution in [3.05, 3.63) is 60.4 Å². The van der Waals surface area contributed by atoms with Gasteiger partial charge in [0.1, 0.15) is 12.4 Å². The Morgan fingerprint density at radius 1 is 1.23 bits per heavy atom. The fourth-order valence-electron chi connectivity index (χ4n) is 3.37. The van der Waals surface area contributed by atoms with Gasteiger partial charge in [-0.25, -0.2) is 17.8 Å². The average Bonchev–Trinajstić information content (AvgIpc) is 3.29. The summed E-state index contributed by atoms with van der Waals surface area (Å²) in [6.07, 6.45) is 6.51. The number of ether oxygens (including phenoxy) is 2. The van der Waals surface area contributed by atoms with E-state index in [1.165, 1.54) is 7.05 Å². The van der Waals surface area contributed by atoms with Crippen LogP contribution in [0.25, 0.3) is 11.4 Å². The Balaban J connectivity index is 1.44. The van der Waals surface area contributed by atoms with Crippen LogP contribution in [0.4, 0.5) is 0 Å². The standard InChI is InChI=1S/C21H24N4O4S/c1-22-30(26,27)18-6-4-5-16(13-18)15-29-17-8-9-19(23-14-17)20-10-11-24-25(20)21-7-2-3-12-28-21/h4-6,8-11,13-14,21-22H,2-3,7,12,15H2,1H3. The second kappa shape index (κ2) is 8.95. The number of nitrogens with zero attached hydrogens (tertiary/aromatic N) is 3. The van der Waals surface area contributed by atoms with Crippen LogP contribution in [-0.2, 0) is 21.4 Å². The van der Waals surface area contributed by atoms with Gasteiger partial charge < -0.3 is 9.47 Å². The van der Waals surface area contributed by atoms with Gasteiger partial charge in [-0.15, -0.1) is 0 Å². The summed E-state index contributed by atoms with van der Waals surface area (Å²) in [5.41, 5.74) is 2.44. The minimum absolute atomic E-state index is 0.0531. The SMILES string of the molecule is CNS(=O)(=O)c1cccc(COc2ccc(-c3ccnn3C3CCCCO3)nc2)c1. The lowest BCUT2D eigenvalue weighted by Gasteiger charge is -2.24. The third-order valence-corrected chi connectivity index (χ3v) is 6.39. The second-order valence-corrected chi connectivity index (χ2v) is 8.89. The van der Waals surface area contributed by atoms with Gasteiger partial charge in [0.05, 0.1) is 22.5 Å². The molecule has 1 atom stereocenters. The highest BCUT2D eigenvalue weighted by Crippen LogP contribution is 2.28. The van der Waals surface area contributed by atoms with Crippen molar-refractivity contribution in [1.29, 1.82) is 0 Å². The first-order chi connectivity index (χ1) is 14.6. The summed E-state index contributed by atoms with van der Waals surface area (Å²) in [6.45, 7) is 0.989. The Kier molecular flexibility index (Phi) is 6.12. The quantitative estimate of drug-likeness (QED) is 0.621. The Hall–Kier alpha value is -2.75. The molecule has 1 fully saturated rings. The highest BCUT2D eigenvalue weighted by Gasteiger charge is 2.20. The topological polar surface area (TPSA) is 95.3 Å². The van der Waals surface area contributed by atoms with E-state index in [-0.39, 0.29) is 17.7 Å². The number of hydrogen-bond donors (Lipinski definition) is 1. The van der Waals surface area contributed by atoms with E-state index in [4.69, 9.17) is 9.47 Å². The van der Waals surface area contributed by atoms with Crippen molar-refractivity contribution in [2.45, 2.75) is 37.0 Å². The maximum Gasteiger partial charge on any atom is 0.240 e. The zero-order valence-electron chi connectivity index (χ0n) is 16.7. The van der Waals surface area contributed by atoms with E-state index < -0.39 is 10.0 Å². The van der Waals surface area contributed by atoms with Gasteiger partial charge in [-0.3, -0.25) is 4.98 Å². The largest absolute Gasteiger partial charge is 0.487 e. The summed E-state index contributed by atoms with van der Waals surface area (Å²) in [6, 6.07) is 12.3. The Morgan fingerprint density at radius 2 is 2.13 bits per heavy atom. The number of benzene rings is 1. The van der Waals surface area contributed by atoms with Crippen molar-refractivity contribution in [2.75, 3.05) is 13.7 Å². The van der Waals surface area contributed by atoms with E-state index in [0.29, 0.717) is 5.75 Å². The second-order valence-electron chi connectivity index (χ2n) is 7.01. The van der Waals surface area contributed by atoms with Gasteiger partial charge in [-0.2, -0.15) is 5.10 Å². The molecule has 1 aromatic carbocycles. The molecule has 1 aliphatic rings. The van der Waals surface area contributed by atoms with E-state index in [1.54, 1.807) is 30.6 Å². The van der Waals surface area contributed by atoms with Crippen molar-refractivity contribution in [3.8, 4) is 17.1 Å². The van der Waals surface area contributed by atoms with Crippen LogP contribution >= 0.6 is 0 Å². The fourth-order valence-corrected chi connectivity index (χ4v) is 4.17. The lowest BCUT2D eigenvalue weighted by atomic mass is 10.2. The normalized spacial score (nSPS) is 17.0. The minimum Gasteiger partial charge on any atom is -0.487 e. The molecule has 158 valence electrons. The van der Waals surface area contributed by atoms with Gasteiger partial charge in [-0.1, -0.05) is 12.1 Å². The Bertz CT molecular complexity index is 1090. The molecule has 1 aliphatic heterocycles. The molecule has 0 saturated carbocycles. The average molecular weight is 429 g/mol. The van der Waals surface area contributed by atoms with Crippen molar-refractivity contribution >= 4 is 10.0 Å². The smallest absolute Gasteiger partial charge is 0.240 e. The first-order valence-corrected chi connectivity index (χ1v) is 11.3. The van der Waals surface area contributed by atoms with Crippen LogP contribution < -0.4 is 9.46 Å². The molecule has 4 rings (SSSR count). The molecule has 0 bridgehead atoms. The Labute approximate surface area is 175 Å². The molecule has 3 aromatic rings. The first-order valence-electron chi connectivity index (χ1n) is 9.84. The van der Waals surface area contributed by atoms with Crippen LogP contribution in [0.2, 0.25) is 0 Å². The van der Waals surface area contributed by atoms with Crippen molar-refractivity contribution < 1.29 is 17.9 Å². The zero-order chi connectivity index (χ0) is 21.0. The molecule has 3 heterocycles. The molecule has 9 heteroatoms. The van der Waals surface area contributed by atoms with E-state index in [1.807, 2.05) is 28.9 Å². The molecular weight excluding hydrogens is 404 g/mol. The summed E-state index contributed by atoms with van der Waals surface area (Å²) in [5.74, 6) is 0.598. The third-order valence-electron chi connectivity index (χ3n) is 4.98. The monoisotopic (exact) mass is 428 g/mol. The number of aromatic nitrogens is 3. The molecule has 2 aromatic heterocycles. The minimum atomic E-state index is -3.48. The molecule has 30 heavy (non-hydrogen) atoms. The lowest BCUT2D eigenvalue weighted by Crippen LogP contribution is -2.20. The zero-order valence-corrected chi connectivity index (χ0v) is 17.5. The summed E-state index contributed by atoms with van der Waals surface area (Å²) >= 11 is 0. The number of pyridine rings is 1. The van der Waals surface area contributed by atoms with Gasteiger partial charge in [0.2, 0.25) is 10.0 Å². The highest BCUT2D eigenvalue weighted by atomic mass is 32.2. The van der Waals surface area contributed by atoms with E-state index >= 15 is 0 Å². The molecule has 1 unspecified atom stereocenters. The van der Waals surface area contributed by atoms with Crippen molar-refractivity contribution in [3.63, 3.8) is 0 Å². The van der Waals surface area contributed by atoms with Crippen LogP contribution in [0.15, 0.2) is 59.8 Å². The number of sulfonamides is 1. The van der Waals surface area contributed by atoms with E-state index in [2.05, 4.69) is 14.8 Å². The first kappa shape index (κ1) is 20.5.